The van der Waals surface area contributed by atoms with Crippen LogP contribution >= 0.6 is 0 Å². The number of nitrogens with zero attached hydrogens (tertiary/aromatic N) is 3. The van der Waals surface area contributed by atoms with Crippen LogP contribution in [-0.2, 0) is 14.4 Å². The van der Waals surface area contributed by atoms with Crippen molar-refractivity contribution in [2.24, 2.45) is 5.92 Å². The molecule has 2 fully saturated rings. The number of carbonyl (C=O) groups excluding carboxylic acids is 2. The van der Waals surface area contributed by atoms with Crippen molar-refractivity contribution in [1.29, 1.82) is 5.26 Å². The summed E-state index contributed by atoms with van der Waals surface area (Å²) in [5.74, 6) is -1.37. The van der Waals surface area contributed by atoms with Crippen molar-refractivity contribution >= 4 is 23.2 Å². The molecule has 6 heteroatoms. The molecule has 2 aliphatic rings. The van der Waals surface area contributed by atoms with Crippen LogP contribution in [0.1, 0.15) is 17.2 Å². The van der Waals surface area contributed by atoms with E-state index in [0.29, 0.717) is 11.3 Å². The fourth-order valence-electron chi connectivity index (χ4n) is 4.14. The van der Waals surface area contributed by atoms with Crippen LogP contribution in [0.2, 0.25) is 0 Å². The van der Waals surface area contributed by atoms with Gasteiger partial charge in [0.25, 0.3) is 5.91 Å². The summed E-state index contributed by atoms with van der Waals surface area (Å²) in [6, 6.07) is 27.1. The molecule has 30 heavy (non-hydrogen) atoms. The smallest absolute Gasteiger partial charge is 0.266 e. The van der Waals surface area contributed by atoms with Gasteiger partial charge >= 0.3 is 0 Å². The van der Waals surface area contributed by atoms with Crippen LogP contribution in [0, 0.1) is 17.2 Å². The van der Waals surface area contributed by atoms with Gasteiger partial charge in [0.15, 0.2) is 6.10 Å². The first-order chi connectivity index (χ1) is 14.7. The minimum atomic E-state index is -0.904. The zero-order valence-corrected chi connectivity index (χ0v) is 15.9. The van der Waals surface area contributed by atoms with E-state index < -0.39 is 24.0 Å². The van der Waals surface area contributed by atoms with E-state index in [4.69, 9.17) is 10.1 Å². The molecule has 3 aromatic carbocycles. The summed E-state index contributed by atoms with van der Waals surface area (Å²) in [5, 5.41) is 10.7. The van der Waals surface area contributed by atoms with Crippen molar-refractivity contribution in [3.63, 3.8) is 0 Å². The molecule has 146 valence electrons. The van der Waals surface area contributed by atoms with Crippen LogP contribution in [0.25, 0.3) is 0 Å². The Bertz CT molecular complexity index is 1140. The summed E-state index contributed by atoms with van der Waals surface area (Å²) in [5.41, 5.74) is 2.59. The molecular weight excluding hydrogens is 378 g/mol. The molecule has 3 aromatic rings. The summed E-state index contributed by atoms with van der Waals surface area (Å²) in [4.78, 5) is 33.9. The van der Waals surface area contributed by atoms with Gasteiger partial charge in [0.1, 0.15) is 5.92 Å². The van der Waals surface area contributed by atoms with E-state index in [1.54, 1.807) is 29.3 Å². The molecule has 0 saturated carbocycles. The van der Waals surface area contributed by atoms with Crippen LogP contribution in [0.3, 0.4) is 0 Å². The van der Waals surface area contributed by atoms with Crippen molar-refractivity contribution in [1.82, 2.24) is 0 Å². The Labute approximate surface area is 173 Å². The van der Waals surface area contributed by atoms with Crippen LogP contribution in [0.5, 0.6) is 0 Å². The molecule has 0 aromatic heterocycles. The molecule has 0 unspecified atom stereocenters. The third kappa shape index (κ3) is 2.76. The van der Waals surface area contributed by atoms with Gasteiger partial charge in [-0.3, -0.25) is 14.4 Å². The lowest BCUT2D eigenvalue weighted by Gasteiger charge is -2.28. The topological polar surface area (TPSA) is 73.6 Å². The van der Waals surface area contributed by atoms with Gasteiger partial charge in [-0.2, -0.15) is 5.26 Å². The van der Waals surface area contributed by atoms with Crippen molar-refractivity contribution in [2.75, 3.05) is 9.96 Å². The number of imide groups is 1. The number of anilines is 2. The monoisotopic (exact) mass is 395 g/mol. The molecule has 2 saturated heterocycles. The van der Waals surface area contributed by atoms with Crippen LogP contribution < -0.4 is 9.96 Å². The van der Waals surface area contributed by atoms with Gasteiger partial charge in [0.05, 0.1) is 29.0 Å². The first-order valence-electron chi connectivity index (χ1n) is 9.63. The van der Waals surface area contributed by atoms with E-state index in [9.17, 15) is 9.59 Å². The Morgan fingerprint density at radius 1 is 0.767 bits per heavy atom. The zero-order valence-electron chi connectivity index (χ0n) is 15.9. The highest BCUT2D eigenvalue weighted by Crippen LogP contribution is 2.47. The fraction of sp³-hybridized carbons (Fsp3) is 0.125. The Morgan fingerprint density at radius 2 is 1.40 bits per heavy atom. The first kappa shape index (κ1) is 18.1. The second kappa shape index (κ2) is 7.14. The number of carbonyl (C=O) groups is 2. The van der Waals surface area contributed by atoms with Gasteiger partial charge in [-0.15, -0.1) is 0 Å². The Kier molecular flexibility index (Phi) is 4.31. The predicted octanol–water partition coefficient (Wildman–Crippen LogP) is 3.61. The van der Waals surface area contributed by atoms with Gasteiger partial charge in [0, 0.05) is 0 Å². The molecule has 0 radical (unpaired) electrons. The molecule has 0 bridgehead atoms. The van der Waals surface area contributed by atoms with Crippen LogP contribution in [0.15, 0.2) is 84.9 Å². The third-order valence-electron chi connectivity index (χ3n) is 5.52. The summed E-state index contributed by atoms with van der Waals surface area (Å²) < 4.78 is 0. The number of amides is 2. The van der Waals surface area contributed by atoms with Gasteiger partial charge in [0.2, 0.25) is 5.91 Å². The number of rotatable bonds is 3. The fourth-order valence-corrected chi connectivity index (χ4v) is 4.14. The van der Waals surface area contributed by atoms with Crippen molar-refractivity contribution in [2.45, 2.75) is 12.1 Å². The highest BCUT2D eigenvalue weighted by atomic mass is 16.7. The average Bonchev–Trinajstić information content (AvgIpc) is 3.31. The second-order valence-corrected chi connectivity index (χ2v) is 7.24. The number of para-hydroxylation sites is 1. The summed E-state index contributed by atoms with van der Waals surface area (Å²) >= 11 is 0. The molecule has 6 nitrogen and oxygen atoms in total. The lowest BCUT2D eigenvalue weighted by molar-refractivity contribution is -0.126. The number of fused-ring (bicyclic) bond motifs is 1. The Hall–Kier alpha value is -3.95. The van der Waals surface area contributed by atoms with Crippen LogP contribution in [-0.4, -0.2) is 17.9 Å². The zero-order chi connectivity index (χ0) is 20.7. The highest BCUT2D eigenvalue weighted by molar-refractivity contribution is 6.23. The van der Waals surface area contributed by atoms with Crippen molar-refractivity contribution in [3.05, 3.63) is 96.1 Å². The maximum absolute atomic E-state index is 13.4. The normalized spacial score (nSPS) is 22.8. The quantitative estimate of drug-likeness (QED) is 0.634. The number of hydroxylamine groups is 1. The number of nitriles is 1. The number of hydrogen-bond donors (Lipinski definition) is 0. The Balaban J connectivity index is 1.56. The molecular formula is C24H17N3O3. The van der Waals surface area contributed by atoms with Gasteiger partial charge in [-0.1, -0.05) is 48.5 Å². The maximum Gasteiger partial charge on any atom is 0.266 e. The number of benzene rings is 3. The average molecular weight is 395 g/mol. The largest absolute Gasteiger partial charge is 0.273 e. The lowest BCUT2D eigenvalue weighted by atomic mass is 9.90. The molecule has 5 rings (SSSR count). The van der Waals surface area contributed by atoms with E-state index >= 15 is 0 Å². The molecule has 2 amide bonds. The van der Waals surface area contributed by atoms with E-state index in [1.165, 1.54) is 4.90 Å². The van der Waals surface area contributed by atoms with Gasteiger partial charge in [-0.25, -0.2) is 9.96 Å². The molecule has 0 N–H and O–H groups in total. The predicted molar refractivity (Wildman–Crippen MR) is 110 cm³/mol. The first-order valence-corrected chi connectivity index (χ1v) is 9.63. The van der Waals surface area contributed by atoms with Crippen molar-refractivity contribution in [3.8, 4) is 6.07 Å². The SMILES string of the molecule is N#Cc1ccc(N2C(=O)[C@H]3[C@@H](ON(c4ccccc4)[C@H]3c3ccccc3)C2=O)cc1. The minimum absolute atomic E-state index is 0.304. The molecule has 0 spiro atoms. The summed E-state index contributed by atoms with van der Waals surface area (Å²) in [7, 11) is 0. The molecule has 2 aliphatic heterocycles. The molecule has 2 heterocycles. The van der Waals surface area contributed by atoms with E-state index in [0.717, 1.165) is 11.3 Å². The molecule has 3 atom stereocenters. The van der Waals surface area contributed by atoms with Crippen LogP contribution in [0.4, 0.5) is 11.4 Å². The van der Waals surface area contributed by atoms with Gasteiger partial charge in [-0.05, 0) is 42.0 Å². The van der Waals surface area contributed by atoms with E-state index in [-0.39, 0.29) is 5.91 Å². The highest BCUT2D eigenvalue weighted by Gasteiger charge is 2.60. The molecule has 0 aliphatic carbocycles. The standard InChI is InChI=1S/C24H17N3O3/c25-15-16-11-13-18(14-12-16)26-23(28)20-21(17-7-3-1-4-8-17)27(30-22(20)24(26)29)19-9-5-2-6-10-19/h1-14,20-22H/t20-,21+,22-/m1/s1. The maximum atomic E-state index is 13.4. The summed E-state index contributed by atoms with van der Waals surface area (Å²) in [6.07, 6.45) is -0.904. The second-order valence-electron chi connectivity index (χ2n) is 7.24. The van der Waals surface area contributed by atoms with E-state index in [1.807, 2.05) is 66.7 Å². The number of hydrogen-bond acceptors (Lipinski definition) is 5. The Morgan fingerprint density at radius 3 is 2.03 bits per heavy atom. The third-order valence-corrected chi connectivity index (χ3v) is 5.52. The summed E-state index contributed by atoms with van der Waals surface area (Å²) in [6.45, 7) is 0. The lowest BCUT2D eigenvalue weighted by Crippen LogP contribution is -2.37. The van der Waals surface area contributed by atoms with E-state index in [2.05, 4.69) is 0 Å². The van der Waals surface area contributed by atoms with Crippen molar-refractivity contribution < 1.29 is 14.4 Å². The minimum Gasteiger partial charge on any atom is -0.273 e. The van der Waals surface area contributed by atoms with Gasteiger partial charge < -0.3 is 0 Å².